The summed E-state index contributed by atoms with van der Waals surface area (Å²) >= 11 is 5.89. The molecular weight excluding hydrogens is 276 g/mol. The fraction of sp³-hybridized carbons (Fsp3) is 0.0714. The van der Waals surface area contributed by atoms with Crippen LogP contribution in [0, 0.1) is 0 Å². The summed E-state index contributed by atoms with van der Waals surface area (Å²) in [6.07, 6.45) is 4.50. The number of benzene rings is 1. The Morgan fingerprint density at radius 2 is 2.20 bits per heavy atom. The molecule has 1 aromatic carbocycles. The number of aromatic nitrogens is 2. The number of hydrogen-bond donors (Lipinski definition) is 2. The fourth-order valence-corrected chi connectivity index (χ4v) is 1.67. The zero-order valence-corrected chi connectivity index (χ0v) is 11.4. The second-order valence-corrected chi connectivity index (χ2v) is 4.36. The highest BCUT2D eigenvalue weighted by Gasteiger charge is 2.06. The van der Waals surface area contributed by atoms with E-state index in [1.165, 1.54) is 12.4 Å². The van der Waals surface area contributed by atoms with Crippen LogP contribution in [-0.4, -0.2) is 22.4 Å². The topological polar surface area (TPSA) is 66.9 Å². The van der Waals surface area contributed by atoms with E-state index in [1.54, 1.807) is 18.2 Å². The predicted molar refractivity (Wildman–Crippen MR) is 79.3 cm³/mol. The third-order valence-electron chi connectivity index (χ3n) is 2.39. The molecule has 2 rings (SSSR count). The van der Waals surface area contributed by atoms with Gasteiger partial charge in [0.1, 0.15) is 11.5 Å². The number of rotatable bonds is 5. The second-order valence-electron chi connectivity index (χ2n) is 3.92. The highest BCUT2D eigenvalue weighted by atomic mass is 35.5. The third kappa shape index (κ3) is 3.80. The molecule has 2 N–H and O–H groups in total. The Balaban J connectivity index is 2.04. The van der Waals surface area contributed by atoms with Crippen molar-refractivity contribution in [2.45, 2.75) is 0 Å². The molecule has 1 heterocycles. The van der Waals surface area contributed by atoms with Gasteiger partial charge in [-0.2, -0.15) is 0 Å². The van der Waals surface area contributed by atoms with E-state index in [4.69, 9.17) is 11.6 Å². The van der Waals surface area contributed by atoms with Gasteiger partial charge in [0, 0.05) is 17.3 Å². The van der Waals surface area contributed by atoms with Crippen molar-refractivity contribution in [1.29, 1.82) is 0 Å². The summed E-state index contributed by atoms with van der Waals surface area (Å²) in [6.45, 7) is 3.91. The summed E-state index contributed by atoms with van der Waals surface area (Å²) in [4.78, 5) is 19.8. The van der Waals surface area contributed by atoms with Crippen LogP contribution in [0.25, 0.3) is 0 Å². The maximum Gasteiger partial charge on any atom is 0.271 e. The van der Waals surface area contributed by atoms with Gasteiger partial charge < -0.3 is 10.6 Å². The van der Waals surface area contributed by atoms with Crippen LogP contribution >= 0.6 is 11.6 Å². The molecule has 0 aliphatic carbocycles. The van der Waals surface area contributed by atoms with Crippen molar-refractivity contribution in [3.8, 4) is 0 Å². The maximum atomic E-state index is 11.6. The number of hydrogen-bond acceptors (Lipinski definition) is 4. The highest BCUT2D eigenvalue weighted by molar-refractivity contribution is 6.30. The minimum atomic E-state index is -0.285. The van der Waals surface area contributed by atoms with E-state index in [9.17, 15) is 4.79 Å². The van der Waals surface area contributed by atoms with Crippen molar-refractivity contribution in [1.82, 2.24) is 15.3 Å². The Kier molecular flexibility index (Phi) is 4.68. The Labute approximate surface area is 121 Å². The molecule has 0 bridgehead atoms. The van der Waals surface area contributed by atoms with Gasteiger partial charge in [0.2, 0.25) is 0 Å². The molecule has 1 aromatic heterocycles. The van der Waals surface area contributed by atoms with Crippen LogP contribution in [0.4, 0.5) is 11.5 Å². The summed E-state index contributed by atoms with van der Waals surface area (Å²) in [7, 11) is 0. The summed E-state index contributed by atoms with van der Waals surface area (Å²) in [6, 6.07) is 7.24. The average molecular weight is 289 g/mol. The molecule has 20 heavy (non-hydrogen) atoms. The molecule has 0 saturated heterocycles. The SMILES string of the molecule is C=CCNC(=O)c1cnc(Nc2cccc(Cl)c2)cn1. The number of nitrogens with zero attached hydrogens (tertiary/aromatic N) is 2. The van der Waals surface area contributed by atoms with Crippen molar-refractivity contribution in [3.63, 3.8) is 0 Å². The lowest BCUT2D eigenvalue weighted by Gasteiger charge is -2.06. The average Bonchev–Trinajstić information content (AvgIpc) is 2.45. The Hall–Kier alpha value is -2.40. The highest BCUT2D eigenvalue weighted by Crippen LogP contribution is 2.18. The lowest BCUT2D eigenvalue weighted by atomic mass is 10.3. The number of carbonyl (C=O) groups is 1. The van der Waals surface area contributed by atoms with Crippen LogP contribution in [0.3, 0.4) is 0 Å². The maximum absolute atomic E-state index is 11.6. The first-order chi connectivity index (χ1) is 9.69. The predicted octanol–water partition coefficient (Wildman–Crippen LogP) is 2.79. The third-order valence-corrected chi connectivity index (χ3v) is 2.62. The first-order valence-corrected chi connectivity index (χ1v) is 6.30. The van der Waals surface area contributed by atoms with Crippen molar-refractivity contribution in [2.24, 2.45) is 0 Å². The van der Waals surface area contributed by atoms with Gasteiger partial charge in [-0.05, 0) is 18.2 Å². The normalized spacial score (nSPS) is 9.85. The van der Waals surface area contributed by atoms with Crippen molar-refractivity contribution < 1.29 is 4.79 Å². The van der Waals surface area contributed by atoms with Crippen LogP contribution < -0.4 is 10.6 Å². The molecule has 6 heteroatoms. The largest absolute Gasteiger partial charge is 0.347 e. The molecule has 0 spiro atoms. The van der Waals surface area contributed by atoms with E-state index in [-0.39, 0.29) is 11.6 Å². The summed E-state index contributed by atoms with van der Waals surface area (Å²) < 4.78 is 0. The molecule has 0 fully saturated rings. The van der Waals surface area contributed by atoms with Gasteiger partial charge in [0.15, 0.2) is 0 Å². The van der Waals surface area contributed by atoms with Gasteiger partial charge >= 0.3 is 0 Å². The van der Waals surface area contributed by atoms with Crippen LogP contribution in [0.2, 0.25) is 5.02 Å². The van der Waals surface area contributed by atoms with Gasteiger partial charge in [-0.3, -0.25) is 4.79 Å². The molecule has 1 amide bonds. The Morgan fingerprint density at radius 3 is 2.85 bits per heavy atom. The van der Waals surface area contributed by atoms with Gasteiger partial charge in [-0.25, -0.2) is 9.97 Å². The van der Waals surface area contributed by atoms with Crippen LogP contribution in [0.1, 0.15) is 10.5 Å². The summed E-state index contributed by atoms with van der Waals surface area (Å²) in [5, 5.41) is 6.30. The quantitative estimate of drug-likeness (QED) is 0.830. The molecule has 0 aliphatic rings. The van der Waals surface area contributed by atoms with Crippen molar-refractivity contribution in [3.05, 3.63) is 60.0 Å². The second kappa shape index (κ2) is 6.68. The monoisotopic (exact) mass is 288 g/mol. The molecule has 102 valence electrons. The summed E-state index contributed by atoms with van der Waals surface area (Å²) in [5.74, 6) is 0.249. The van der Waals surface area contributed by atoms with Gasteiger partial charge in [0.05, 0.1) is 12.4 Å². The van der Waals surface area contributed by atoms with Crippen LogP contribution in [0.15, 0.2) is 49.3 Å². The van der Waals surface area contributed by atoms with E-state index in [0.717, 1.165) is 5.69 Å². The van der Waals surface area contributed by atoms with Gasteiger partial charge in [0.25, 0.3) is 5.91 Å². The number of amides is 1. The number of nitrogens with one attached hydrogen (secondary N) is 2. The molecule has 0 unspecified atom stereocenters. The lowest BCUT2D eigenvalue weighted by Crippen LogP contribution is -2.24. The lowest BCUT2D eigenvalue weighted by molar-refractivity contribution is 0.0952. The van der Waals surface area contributed by atoms with Crippen molar-refractivity contribution >= 4 is 29.0 Å². The smallest absolute Gasteiger partial charge is 0.271 e. The number of halogens is 1. The Morgan fingerprint density at radius 1 is 1.35 bits per heavy atom. The van der Waals surface area contributed by atoms with Crippen LogP contribution in [-0.2, 0) is 0 Å². The minimum Gasteiger partial charge on any atom is -0.347 e. The first-order valence-electron chi connectivity index (χ1n) is 5.93. The standard InChI is InChI=1S/C14H13ClN4O/c1-2-6-16-14(20)12-8-18-13(9-17-12)19-11-5-3-4-10(15)7-11/h2-5,7-9H,1,6H2,(H,16,20)(H,18,19). The van der Waals surface area contributed by atoms with Gasteiger partial charge in [-0.15, -0.1) is 6.58 Å². The number of carbonyl (C=O) groups excluding carboxylic acids is 1. The molecule has 0 aliphatic heterocycles. The molecule has 2 aromatic rings. The summed E-state index contributed by atoms with van der Waals surface area (Å²) in [5.41, 5.74) is 1.05. The van der Waals surface area contributed by atoms with Gasteiger partial charge in [-0.1, -0.05) is 23.7 Å². The zero-order valence-electron chi connectivity index (χ0n) is 10.6. The van der Waals surface area contributed by atoms with Crippen LogP contribution in [0.5, 0.6) is 0 Å². The van der Waals surface area contributed by atoms with Crippen molar-refractivity contribution in [2.75, 3.05) is 11.9 Å². The molecule has 0 saturated carbocycles. The van der Waals surface area contributed by atoms with E-state index in [0.29, 0.717) is 17.4 Å². The minimum absolute atomic E-state index is 0.253. The molecule has 0 atom stereocenters. The molecular formula is C14H13ClN4O. The van der Waals surface area contributed by atoms with E-state index in [2.05, 4.69) is 27.2 Å². The van der Waals surface area contributed by atoms with E-state index in [1.807, 2.05) is 12.1 Å². The Bertz CT molecular complexity index is 613. The fourth-order valence-electron chi connectivity index (χ4n) is 1.48. The first kappa shape index (κ1) is 14.0. The zero-order chi connectivity index (χ0) is 14.4. The molecule has 5 nitrogen and oxygen atoms in total. The van der Waals surface area contributed by atoms with E-state index < -0.39 is 0 Å². The van der Waals surface area contributed by atoms with E-state index >= 15 is 0 Å². The number of anilines is 2. The molecule has 0 radical (unpaired) electrons.